The fraction of sp³-hybridized carbons (Fsp3) is 0.190. The van der Waals surface area contributed by atoms with Crippen LogP contribution in [0.5, 0.6) is 17.2 Å². The van der Waals surface area contributed by atoms with Gasteiger partial charge in [0, 0.05) is 10.2 Å². The zero-order valence-corrected chi connectivity index (χ0v) is 21.0. The summed E-state index contributed by atoms with van der Waals surface area (Å²) >= 11 is 7.32. The van der Waals surface area contributed by atoms with E-state index in [1.165, 1.54) is 19.3 Å². The molecule has 3 amide bonds. The number of ether oxygens (including phenoxy) is 2. The molecule has 0 aliphatic carbocycles. The summed E-state index contributed by atoms with van der Waals surface area (Å²) in [6.45, 7) is 1.98. The van der Waals surface area contributed by atoms with E-state index in [-0.39, 0.29) is 16.4 Å². The maximum Gasteiger partial charge on any atom is 0.294 e. The first kappa shape index (κ1) is 24.1. The third kappa shape index (κ3) is 5.28. The number of carbonyl (C=O) groups excluding carboxylic acids is 3. The van der Waals surface area contributed by atoms with Crippen molar-refractivity contribution in [3.63, 3.8) is 0 Å². The van der Waals surface area contributed by atoms with Crippen LogP contribution in [0.3, 0.4) is 0 Å². The lowest BCUT2D eigenvalue weighted by atomic mass is 10.2. The van der Waals surface area contributed by atoms with Gasteiger partial charge >= 0.3 is 0 Å². The molecule has 0 saturated carbocycles. The third-order valence-corrected chi connectivity index (χ3v) is 7.37. The molecular weight excluding hydrogens is 568 g/mol. The van der Waals surface area contributed by atoms with Crippen molar-refractivity contribution in [2.24, 2.45) is 0 Å². The Morgan fingerprint density at radius 2 is 1.91 bits per heavy atom. The first-order chi connectivity index (χ1) is 15.2. The molecule has 2 aromatic rings. The second kappa shape index (κ2) is 10.4. The van der Waals surface area contributed by atoms with Gasteiger partial charge in [-0.2, -0.15) is 0 Å². The minimum atomic E-state index is -0.586. The molecule has 2 aromatic carbocycles. The fourth-order valence-electron chi connectivity index (χ4n) is 2.80. The molecule has 3 rings (SSSR count). The number of halogens is 2. The van der Waals surface area contributed by atoms with Gasteiger partial charge in [-0.05, 0) is 92.5 Å². The number of hydrogen-bond donors (Lipinski definition) is 2. The van der Waals surface area contributed by atoms with Gasteiger partial charge in [-0.3, -0.25) is 19.3 Å². The Bertz CT molecular complexity index is 1100. The van der Waals surface area contributed by atoms with Crippen molar-refractivity contribution in [3.8, 4) is 17.2 Å². The smallest absolute Gasteiger partial charge is 0.294 e. The summed E-state index contributed by atoms with van der Waals surface area (Å²) < 4.78 is 11.3. The number of rotatable bonds is 7. The minimum Gasteiger partial charge on any atom is -0.503 e. The number of phenols is 1. The number of imide groups is 1. The van der Waals surface area contributed by atoms with Crippen LogP contribution in [-0.2, 0) is 9.59 Å². The van der Waals surface area contributed by atoms with E-state index in [4.69, 9.17) is 9.47 Å². The Kier molecular flexibility index (Phi) is 7.86. The van der Waals surface area contributed by atoms with E-state index in [2.05, 4.69) is 37.2 Å². The van der Waals surface area contributed by atoms with Crippen LogP contribution in [0.1, 0.15) is 12.5 Å². The highest BCUT2D eigenvalue weighted by atomic mass is 79.9. The van der Waals surface area contributed by atoms with Gasteiger partial charge in [-0.25, -0.2) is 0 Å². The highest BCUT2D eigenvalue weighted by molar-refractivity contribution is 9.13. The molecular formula is C21H18Br2N2O6S. The maximum atomic E-state index is 12.8. The number of anilines is 1. The molecule has 1 aliphatic rings. The van der Waals surface area contributed by atoms with E-state index in [1.807, 2.05) is 6.92 Å². The number of methoxy groups -OCH3 is 1. The summed E-state index contributed by atoms with van der Waals surface area (Å²) in [5.74, 6) is -0.328. The predicted molar refractivity (Wildman–Crippen MR) is 129 cm³/mol. The van der Waals surface area contributed by atoms with Crippen LogP contribution in [0.4, 0.5) is 10.5 Å². The van der Waals surface area contributed by atoms with Gasteiger partial charge in [0.15, 0.2) is 11.5 Å². The molecule has 0 aromatic heterocycles. The third-order valence-electron chi connectivity index (χ3n) is 4.30. The summed E-state index contributed by atoms with van der Waals surface area (Å²) in [4.78, 5) is 38.5. The lowest BCUT2D eigenvalue weighted by Crippen LogP contribution is -2.36. The standard InChI is InChI=1S/C21H18Br2N2O6S/c1-3-31-13-6-4-12(5-7-13)24-16(26)10-25-20(28)15(32-21(25)29)9-11-8-14(30-2)19(27)18(23)17(11)22/h4-9,27H,3,10H2,1-2H3,(H,24,26)/b15-9+. The summed E-state index contributed by atoms with van der Waals surface area (Å²) in [6, 6.07) is 8.29. The van der Waals surface area contributed by atoms with Crippen molar-refractivity contribution in [2.45, 2.75) is 6.92 Å². The van der Waals surface area contributed by atoms with Crippen molar-refractivity contribution in [1.29, 1.82) is 0 Å². The van der Waals surface area contributed by atoms with Gasteiger partial charge in [0.05, 0.1) is 23.1 Å². The van der Waals surface area contributed by atoms with Gasteiger partial charge in [0.1, 0.15) is 12.3 Å². The van der Waals surface area contributed by atoms with Gasteiger partial charge in [-0.15, -0.1) is 0 Å². The molecule has 0 unspecified atom stereocenters. The Morgan fingerprint density at radius 3 is 2.53 bits per heavy atom. The summed E-state index contributed by atoms with van der Waals surface area (Å²) in [5, 5.41) is 12.2. The molecule has 0 radical (unpaired) electrons. The van der Waals surface area contributed by atoms with E-state index >= 15 is 0 Å². The molecule has 2 N–H and O–H groups in total. The van der Waals surface area contributed by atoms with E-state index in [0.717, 1.165) is 16.7 Å². The maximum absolute atomic E-state index is 12.8. The van der Waals surface area contributed by atoms with Crippen molar-refractivity contribution in [1.82, 2.24) is 4.90 Å². The highest BCUT2D eigenvalue weighted by Crippen LogP contribution is 2.43. The number of hydrogen-bond acceptors (Lipinski definition) is 7. The van der Waals surface area contributed by atoms with Gasteiger partial charge in [-0.1, -0.05) is 0 Å². The van der Waals surface area contributed by atoms with Crippen LogP contribution in [-0.4, -0.2) is 47.3 Å². The quantitative estimate of drug-likeness (QED) is 0.441. The van der Waals surface area contributed by atoms with Crippen molar-refractivity contribution >= 4 is 72.4 Å². The van der Waals surface area contributed by atoms with E-state index in [9.17, 15) is 19.5 Å². The molecule has 32 heavy (non-hydrogen) atoms. The monoisotopic (exact) mass is 584 g/mol. The molecule has 8 nitrogen and oxygen atoms in total. The van der Waals surface area contributed by atoms with Crippen LogP contribution >= 0.6 is 43.6 Å². The minimum absolute atomic E-state index is 0.101. The van der Waals surface area contributed by atoms with E-state index < -0.39 is 23.6 Å². The fourth-order valence-corrected chi connectivity index (χ4v) is 4.47. The molecule has 0 atom stereocenters. The Balaban J connectivity index is 1.73. The van der Waals surface area contributed by atoms with Gasteiger partial charge in [0.25, 0.3) is 11.1 Å². The van der Waals surface area contributed by atoms with Crippen LogP contribution in [0.25, 0.3) is 6.08 Å². The number of thioether (sulfide) groups is 1. The molecule has 11 heteroatoms. The first-order valence-corrected chi connectivity index (χ1v) is 11.7. The van der Waals surface area contributed by atoms with Crippen molar-refractivity contribution < 1.29 is 29.0 Å². The molecule has 1 aliphatic heterocycles. The van der Waals surface area contributed by atoms with Gasteiger partial charge < -0.3 is 19.9 Å². The number of nitrogens with zero attached hydrogens (tertiary/aromatic N) is 1. The van der Waals surface area contributed by atoms with Crippen molar-refractivity contribution in [3.05, 3.63) is 49.7 Å². The molecule has 0 bridgehead atoms. The summed E-state index contributed by atoms with van der Waals surface area (Å²) in [6.07, 6.45) is 1.49. The summed E-state index contributed by atoms with van der Waals surface area (Å²) in [7, 11) is 1.40. The largest absolute Gasteiger partial charge is 0.503 e. The number of nitrogens with one attached hydrogen (secondary N) is 1. The number of carbonyl (C=O) groups is 3. The molecule has 1 fully saturated rings. The lowest BCUT2D eigenvalue weighted by Gasteiger charge is -2.13. The average Bonchev–Trinajstić information content (AvgIpc) is 3.03. The molecule has 1 heterocycles. The zero-order valence-electron chi connectivity index (χ0n) is 17.0. The Hall–Kier alpha value is -2.50. The van der Waals surface area contributed by atoms with Gasteiger partial charge in [0.2, 0.25) is 5.91 Å². The zero-order chi connectivity index (χ0) is 23.4. The number of phenolic OH excluding ortho intramolecular Hbond substituents is 1. The molecule has 0 spiro atoms. The van der Waals surface area contributed by atoms with E-state index in [1.54, 1.807) is 24.3 Å². The molecule has 168 valence electrons. The van der Waals surface area contributed by atoms with Crippen LogP contribution in [0.2, 0.25) is 0 Å². The Morgan fingerprint density at radius 1 is 1.22 bits per heavy atom. The summed E-state index contributed by atoms with van der Waals surface area (Å²) in [5.41, 5.74) is 1.03. The van der Waals surface area contributed by atoms with Crippen LogP contribution in [0.15, 0.2) is 44.2 Å². The van der Waals surface area contributed by atoms with Crippen LogP contribution < -0.4 is 14.8 Å². The molecule has 1 saturated heterocycles. The second-order valence-electron chi connectivity index (χ2n) is 6.42. The lowest BCUT2D eigenvalue weighted by molar-refractivity contribution is -0.127. The predicted octanol–water partition coefficient (Wildman–Crippen LogP) is 5.00. The number of benzene rings is 2. The number of amides is 3. The average molecular weight is 586 g/mol. The number of aromatic hydroxyl groups is 1. The van der Waals surface area contributed by atoms with Crippen LogP contribution in [0, 0.1) is 0 Å². The highest BCUT2D eigenvalue weighted by Gasteiger charge is 2.36. The van der Waals surface area contributed by atoms with Crippen molar-refractivity contribution in [2.75, 3.05) is 25.6 Å². The van der Waals surface area contributed by atoms with E-state index in [0.29, 0.717) is 32.6 Å². The SMILES string of the molecule is CCOc1ccc(NC(=O)CN2C(=O)S/C(=C/c3cc(OC)c(O)c(Br)c3Br)C2=O)cc1. The Labute approximate surface area is 205 Å². The topological polar surface area (TPSA) is 105 Å². The first-order valence-electron chi connectivity index (χ1n) is 9.28. The normalized spacial score (nSPS) is 14.8. The second-order valence-corrected chi connectivity index (χ2v) is 9.00.